The van der Waals surface area contributed by atoms with Crippen LogP contribution in [0.1, 0.15) is 22.3 Å². The normalized spacial score (nSPS) is 11.5. The third kappa shape index (κ3) is 8.49. The molecule has 0 fully saturated rings. The van der Waals surface area contributed by atoms with Crippen molar-refractivity contribution in [1.82, 2.24) is 10.2 Å². The second kappa shape index (κ2) is 11.0. The van der Waals surface area contributed by atoms with Gasteiger partial charge in [-0.1, -0.05) is 24.3 Å². The summed E-state index contributed by atoms with van der Waals surface area (Å²) in [6.45, 7) is 3.36. The minimum Gasteiger partial charge on any atom is -0.497 e. The van der Waals surface area contributed by atoms with Gasteiger partial charge in [0.15, 0.2) is 6.61 Å². The van der Waals surface area contributed by atoms with Gasteiger partial charge in [0, 0.05) is 13.1 Å². The molecular formula is C23H29F3N2O3. The number of alkyl halides is 3. The van der Waals surface area contributed by atoms with Crippen molar-refractivity contribution in [3.63, 3.8) is 0 Å². The van der Waals surface area contributed by atoms with Gasteiger partial charge < -0.3 is 14.8 Å². The standard InChI is InChI=1S/C23H29F3N2O3/c1-16-11-19(12-17(2)22(16)31-15-23(24,25)26)13-28(3)14-21(29)27-10-9-18-5-7-20(30-4)8-6-18/h5-8,11-12H,9-10,13-15H2,1-4H3,(H,27,29). The average Bonchev–Trinajstić information content (AvgIpc) is 2.66. The van der Waals surface area contributed by atoms with Crippen LogP contribution in [0.3, 0.4) is 0 Å². The van der Waals surface area contributed by atoms with Gasteiger partial charge in [0.05, 0.1) is 13.7 Å². The largest absolute Gasteiger partial charge is 0.497 e. The van der Waals surface area contributed by atoms with Gasteiger partial charge in [0.2, 0.25) is 5.91 Å². The van der Waals surface area contributed by atoms with E-state index in [-0.39, 0.29) is 18.2 Å². The molecule has 0 atom stereocenters. The van der Waals surface area contributed by atoms with Crippen LogP contribution >= 0.6 is 0 Å². The fourth-order valence-corrected chi connectivity index (χ4v) is 3.32. The maximum atomic E-state index is 12.4. The highest BCUT2D eigenvalue weighted by Gasteiger charge is 2.29. The molecule has 31 heavy (non-hydrogen) atoms. The molecule has 0 unspecified atom stereocenters. The predicted molar refractivity (Wildman–Crippen MR) is 114 cm³/mol. The number of carbonyl (C=O) groups is 1. The number of methoxy groups -OCH3 is 1. The number of rotatable bonds is 10. The lowest BCUT2D eigenvalue weighted by Gasteiger charge is -2.19. The van der Waals surface area contributed by atoms with Gasteiger partial charge in [-0.2, -0.15) is 13.2 Å². The number of halogens is 3. The smallest absolute Gasteiger partial charge is 0.422 e. The highest BCUT2D eigenvalue weighted by molar-refractivity contribution is 5.77. The zero-order chi connectivity index (χ0) is 23.0. The highest BCUT2D eigenvalue weighted by atomic mass is 19.4. The lowest BCUT2D eigenvalue weighted by atomic mass is 10.1. The van der Waals surface area contributed by atoms with E-state index in [9.17, 15) is 18.0 Å². The third-order valence-corrected chi connectivity index (χ3v) is 4.66. The fourth-order valence-electron chi connectivity index (χ4n) is 3.32. The van der Waals surface area contributed by atoms with Crippen LogP contribution in [-0.2, 0) is 17.8 Å². The number of benzene rings is 2. The number of hydrogen-bond acceptors (Lipinski definition) is 4. The first-order valence-corrected chi connectivity index (χ1v) is 9.95. The second-order valence-corrected chi connectivity index (χ2v) is 7.58. The van der Waals surface area contributed by atoms with Gasteiger partial charge in [0.1, 0.15) is 11.5 Å². The van der Waals surface area contributed by atoms with Crippen molar-refractivity contribution in [2.24, 2.45) is 0 Å². The minimum absolute atomic E-state index is 0.0883. The Morgan fingerprint density at radius 1 is 1.06 bits per heavy atom. The first kappa shape index (κ1) is 24.5. The van der Waals surface area contributed by atoms with E-state index in [1.165, 1.54) is 0 Å². The lowest BCUT2D eigenvalue weighted by molar-refractivity contribution is -0.153. The first-order chi connectivity index (χ1) is 14.6. The zero-order valence-electron chi connectivity index (χ0n) is 18.3. The molecule has 1 amide bonds. The Morgan fingerprint density at radius 3 is 2.23 bits per heavy atom. The van der Waals surface area contributed by atoms with Gasteiger partial charge in [-0.3, -0.25) is 9.69 Å². The summed E-state index contributed by atoms with van der Waals surface area (Å²) in [6.07, 6.45) is -3.66. The van der Waals surface area contributed by atoms with Crippen LogP contribution < -0.4 is 14.8 Å². The molecule has 0 aliphatic carbocycles. The van der Waals surface area contributed by atoms with Crippen LogP contribution in [0.25, 0.3) is 0 Å². The van der Waals surface area contributed by atoms with Gasteiger partial charge in [0.25, 0.3) is 0 Å². The molecule has 170 valence electrons. The lowest BCUT2D eigenvalue weighted by Crippen LogP contribution is -2.35. The van der Waals surface area contributed by atoms with E-state index in [0.717, 1.165) is 23.3 Å². The highest BCUT2D eigenvalue weighted by Crippen LogP contribution is 2.27. The molecule has 0 bridgehead atoms. The molecule has 0 saturated carbocycles. The van der Waals surface area contributed by atoms with Crippen LogP contribution in [0.5, 0.6) is 11.5 Å². The quantitative estimate of drug-likeness (QED) is 0.608. The van der Waals surface area contributed by atoms with Gasteiger partial charge in [-0.05, 0) is 61.7 Å². The zero-order valence-corrected chi connectivity index (χ0v) is 18.3. The van der Waals surface area contributed by atoms with Crippen molar-refractivity contribution in [2.75, 3.05) is 33.9 Å². The summed E-state index contributed by atoms with van der Waals surface area (Å²) in [5.41, 5.74) is 3.28. The number of carbonyl (C=O) groups excluding carboxylic acids is 1. The molecule has 1 N–H and O–H groups in total. The molecule has 0 spiro atoms. The number of nitrogens with one attached hydrogen (secondary N) is 1. The minimum atomic E-state index is -4.38. The van der Waals surface area contributed by atoms with Crippen LogP contribution in [0.15, 0.2) is 36.4 Å². The molecule has 0 aliphatic rings. The molecule has 0 aliphatic heterocycles. The fraction of sp³-hybridized carbons (Fsp3) is 0.435. The Bertz CT molecular complexity index is 844. The van der Waals surface area contributed by atoms with Crippen LogP contribution in [0, 0.1) is 13.8 Å². The Balaban J connectivity index is 1.81. The second-order valence-electron chi connectivity index (χ2n) is 7.58. The Kier molecular flexibility index (Phi) is 8.74. The molecule has 0 heterocycles. The van der Waals surface area contributed by atoms with E-state index in [1.807, 2.05) is 36.2 Å². The first-order valence-electron chi connectivity index (χ1n) is 9.95. The molecule has 5 nitrogen and oxygen atoms in total. The van der Waals surface area contributed by atoms with E-state index in [4.69, 9.17) is 9.47 Å². The van der Waals surface area contributed by atoms with Crippen molar-refractivity contribution in [3.05, 3.63) is 58.7 Å². The van der Waals surface area contributed by atoms with Crippen molar-refractivity contribution in [2.45, 2.75) is 33.0 Å². The number of ether oxygens (including phenoxy) is 2. The summed E-state index contributed by atoms with van der Waals surface area (Å²) < 4.78 is 47.3. The number of amides is 1. The Labute approximate surface area is 181 Å². The van der Waals surface area contributed by atoms with E-state index in [1.54, 1.807) is 33.1 Å². The van der Waals surface area contributed by atoms with E-state index in [0.29, 0.717) is 24.2 Å². The van der Waals surface area contributed by atoms with Gasteiger partial charge in [-0.15, -0.1) is 0 Å². The van der Waals surface area contributed by atoms with Crippen LogP contribution in [0.4, 0.5) is 13.2 Å². The van der Waals surface area contributed by atoms with E-state index < -0.39 is 12.8 Å². The van der Waals surface area contributed by atoms with Crippen molar-refractivity contribution in [3.8, 4) is 11.5 Å². The van der Waals surface area contributed by atoms with Crippen LogP contribution in [-0.4, -0.2) is 50.8 Å². The SMILES string of the molecule is COc1ccc(CCNC(=O)CN(C)Cc2cc(C)c(OCC(F)(F)F)c(C)c2)cc1. The molecular weight excluding hydrogens is 409 g/mol. The number of nitrogens with zero attached hydrogens (tertiary/aromatic N) is 1. The molecule has 2 aromatic rings. The molecule has 0 radical (unpaired) electrons. The maximum absolute atomic E-state index is 12.4. The average molecular weight is 438 g/mol. The van der Waals surface area contributed by atoms with E-state index in [2.05, 4.69) is 5.32 Å². The summed E-state index contributed by atoms with van der Waals surface area (Å²) in [5, 5.41) is 2.90. The Morgan fingerprint density at radius 2 is 1.68 bits per heavy atom. The van der Waals surface area contributed by atoms with Gasteiger partial charge >= 0.3 is 6.18 Å². The maximum Gasteiger partial charge on any atom is 0.422 e. The number of aryl methyl sites for hydroxylation is 2. The topological polar surface area (TPSA) is 50.8 Å². The molecule has 0 saturated heterocycles. The van der Waals surface area contributed by atoms with Crippen molar-refractivity contribution in [1.29, 1.82) is 0 Å². The molecule has 2 aromatic carbocycles. The Hall–Kier alpha value is -2.74. The summed E-state index contributed by atoms with van der Waals surface area (Å²) in [4.78, 5) is 14.1. The van der Waals surface area contributed by atoms with Crippen LogP contribution in [0.2, 0.25) is 0 Å². The molecule has 0 aromatic heterocycles. The number of likely N-dealkylation sites (N-methyl/N-ethyl adjacent to an activating group) is 1. The summed E-state index contributed by atoms with van der Waals surface area (Å²) >= 11 is 0. The van der Waals surface area contributed by atoms with Gasteiger partial charge in [-0.25, -0.2) is 0 Å². The summed E-state index contributed by atoms with van der Waals surface area (Å²) in [6, 6.07) is 11.3. The van der Waals surface area contributed by atoms with E-state index >= 15 is 0 Å². The molecule has 2 rings (SSSR count). The predicted octanol–water partition coefficient (Wildman–Crippen LogP) is 4.04. The summed E-state index contributed by atoms with van der Waals surface area (Å²) in [5.74, 6) is 0.953. The van der Waals surface area contributed by atoms with Crippen molar-refractivity contribution >= 4 is 5.91 Å². The number of hydrogen-bond donors (Lipinski definition) is 1. The summed E-state index contributed by atoms with van der Waals surface area (Å²) in [7, 11) is 3.44. The monoisotopic (exact) mass is 438 g/mol. The molecule has 8 heteroatoms. The third-order valence-electron chi connectivity index (χ3n) is 4.66. The van der Waals surface area contributed by atoms with Crippen molar-refractivity contribution < 1.29 is 27.4 Å².